The van der Waals surface area contributed by atoms with Crippen LogP contribution in [-0.4, -0.2) is 111 Å². The Labute approximate surface area is 470 Å². The molecule has 4 aliphatic rings. The molecule has 23 heteroatoms. The topological polar surface area (TPSA) is 264 Å². The highest BCUT2D eigenvalue weighted by Gasteiger charge is 2.48. The Morgan fingerprint density at radius 3 is 2.30 bits per heavy atom. The van der Waals surface area contributed by atoms with Gasteiger partial charge in [-0.2, -0.15) is 8.78 Å². The first-order valence-electron chi connectivity index (χ1n) is 26.6. The van der Waals surface area contributed by atoms with E-state index in [1.54, 1.807) is 12.1 Å². The highest BCUT2D eigenvalue weighted by atomic mass is 32.1. The van der Waals surface area contributed by atoms with Crippen molar-refractivity contribution in [2.45, 2.75) is 120 Å². The zero-order chi connectivity index (χ0) is 57.4. The van der Waals surface area contributed by atoms with E-state index >= 15 is 0 Å². The first kappa shape index (κ1) is 57.4. The number of carbonyl (C=O) groups is 9. The second-order valence-electron chi connectivity index (χ2n) is 20.3. The lowest BCUT2D eigenvalue weighted by atomic mass is 9.98. The van der Waals surface area contributed by atoms with Crippen LogP contribution in [0.1, 0.15) is 125 Å². The van der Waals surface area contributed by atoms with Crippen molar-refractivity contribution in [3.63, 3.8) is 0 Å². The molecular formula is C58H57F2N8O11PS. The molecule has 6 N–H and O–H groups in total. The van der Waals surface area contributed by atoms with Crippen molar-refractivity contribution in [2.75, 3.05) is 13.1 Å². The molecule has 5 heterocycles. The fraction of sp³-hybridized carbons (Fsp3) is 0.362. The number of carbonyl (C=O) groups excluding carboxylic acids is 9. The first-order valence-corrected chi connectivity index (χ1v) is 28.1. The normalized spacial score (nSPS) is 19.3. The van der Waals surface area contributed by atoms with Gasteiger partial charge in [0.05, 0.1) is 22.5 Å². The Morgan fingerprint density at radius 1 is 0.852 bits per heavy atom. The largest absolute Gasteiger partial charge is 0.393 e. The summed E-state index contributed by atoms with van der Waals surface area (Å²) in [6.45, 7) is -0.0618. The lowest BCUT2D eigenvalue weighted by Crippen LogP contribution is -2.58. The summed E-state index contributed by atoms with van der Waals surface area (Å²) in [5.74, 6) is 1.41. The van der Waals surface area contributed by atoms with Gasteiger partial charge in [-0.25, -0.2) is 9.09 Å². The lowest BCUT2D eigenvalue weighted by molar-refractivity contribution is -0.178. The Balaban J connectivity index is 0.887. The predicted molar refractivity (Wildman–Crippen MR) is 292 cm³/mol. The van der Waals surface area contributed by atoms with Crippen molar-refractivity contribution in [3.8, 4) is 11.8 Å². The van der Waals surface area contributed by atoms with E-state index in [9.17, 15) is 56.5 Å². The number of nitrogens with one attached hydrogen (secondary N) is 4. The van der Waals surface area contributed by atoms with Gasteiger partial charge in [-0.1, -0.05) is 85.0 Å². The zero-order valence-electron chi connectivity index (χ0n) is 43.7. The summed E-state index contributed by atoms with van der Waals surface area (Å²) in [6.07, 6.45) is -1.31. The minimum atomic E-state index is -3.90. The number of primary amides is 1. The molecule has 420 valence electrons. The number of piperidine rings is 1. The molecule has 1 unspecified atom stereocenters. The maximum atomic E-state index is 14.9. The van der Waals surface area contributed by atoms with E-state index in [1.807, 2.05) is 66.7 Å². The first-order chi connectivity index (χ1) is 39.0. The average molecular weight is 1140 g/mol. The van der Waals surface area contributed by atoms with Crippen LogP contribution in [0, 0.1) is 11.8 Å². The molecule has 0 bridgehead atoms. The van der Waals surface area contributed by atoms with E-state index < -0.39 is 92.1 Å². The third-order valence-electron chi connectivity index (χ3n) is 14.9. The molecule has 3 saturated heterocycles. The van der Waals surface area contributed by atoms with Crippen molar-refractivity contribution in [1.82, 2.24) is 36.0 Å². The molecule has 0 spiro atoms. The number of amides is 9. The summed E-state index contributed by atoms with van der Waals surface area (Å²) in [7, 11) is -1.24. The van der Waals surface area contributed by atoms with E-state index in [2.05, 4.69) is 37.6 Å². The van der Waals surface area contributed by atoms with Gasteiger partial charge in [-0.3, -0.25) is 48.5 Å². The van der Waals surface area contributed by atoms with Crippen LogP contribution in [0.4, 0.5) is 8.78 Å². The summed E-state index contributed by atoms with van der Waals surface area (Å²) in [5.41, 5.74) is 8.26. The van der Waals surface area contributed by atoms with Crippen LogP contribution < -0.4 is 27.0 Å². The fourth-order valence-electron chi connectivity index (χ4n) is 10.8. The van der Waals surface area contributed by atoms with Crippen LogP contribution in [0.2, 0.25) is 0 Å². The molecule has 0 saturated carbocycles. The van der Waals surface area contributed by atoms with Crippen LogP contribution in [0.5, 0.6) is 0 Å². The number of benzene rings is 4. The Morgan fingerprint density at radius 2 is 1.59 bits per heavy atom. The van der Waals surface area contributed by atoms with Gasteiger partial charge < -0.3 is 36.4 Å². The fourth-order valence-corrected chi connectivity index (χ4v) is 12.0. The van der Waals surface area contributed by atoms with Crippen molar-refractivity contribution < 1.29 is 61.0 Å². The van der Waals surface area contributed by atoms with Crippen LogP contribution in [0.3, 0.4) is 0 Å². The minimum absolute atomic E-state index is 0.0171. The van der Waals surface area contributed by atoms with E-state index in [0.29, 0.717) is 47.1 Å². The van der Waals surface area contributed by atoms with Crippen molar-refractivity contribution >= 4 is 83.3 Å². The smallest absolute Gasteiger partial charge is 0.370 e. The molecule has 4 aromatic carbocycles. The van der Waals surface area contributed by atoms with Gasteiger partial charge in [-0.15, -0.1) is 11.3 Å². The molecular weight excluding hydrogens is 1090 g/mol. The summed E-state index contributed by atoms with van der Waals surface area (Å²) >= 11 is 0.962. The lowest BCUT2D eigenvalue weighted by Gasteiger charge is -2.31. The Kier molecular flexibility index (Phi) is 18.1. The summed E-state index contributed by atoms with van der Waals surface area (Å²) in [4.78, 5) is 126. The maximum absolute atomic E-state index is 14.9. The van der Waals surface area contributed by atoms with Gasteiger partial charge in [0.1, 0.15) is 24.2 Å². The zero-order valence-corrected chi connectivity index (χ0v) is 45.4. The number of nitrogens with two attached hydrogens (primary N) is 1. The van der Waals surface area contributed by atoms with Gasteiger partial charge in [0.15, 0.2) is 0 Å². The van der Waals surface area contributed by atoms with Crippen LogP contribution in [0.25, 0.3) is 10.1 Å². The number of alkyl halides is 2. The van der Waals surface area contributed by atoms with E-state index in [0.717, 1.165) is 34.6 Å². The number of thiophene rings is 1. The van der Waals surface area contributed by atoms with E-state index in [-0.39, 0.29) is 92.6 Å². The number of imide groups is 1. The van der Waals surface area contributed by atoms with Crippen molar-refractivity contribution in [2.24, 2.45) is 5.73 Å². The number of rotatable bonds is 20. The molecule has 9 rings (SSSR count). The maximum Gasteiger partial charge on any atom is 0.393 e. The number of halogens is 2. The molecule has 0 radical (unpaired) electrons. The monoisotopic (exact) mass is 1140 g/mol. The van der Waals surface area contributed by atoms with Gasteiger partial charge >= 0.3 is 14.8 Å². The number of fused-ring (bicyclic) bond motifs is 3. The quantitative estimate of drug-likeness (QED) is 0.0265. The summed E-state index contributed by atoms with van der Waals surface area (Å²) in [6, 6.07) is 22.5. The SMILES string of the molecule is NC(=O)CC[C@H](NC(=O)[C@@H]1CC[C@@H]2CN(C(=O)CCCCCC#Cc3cccc4c3CN(C3CCC(=O)NC3=O)C4=O)C[C@H](NC(=O)c3cc4cc(C(F)(F)OP=O)ccc4s3)C(=O)N21)C(=O)NC(c1ccccc1)c1ccccc1. The number of unbranched alkanes of at least 4 members (excludes halogenated alkanes) is 3. The third kappa shape index (κ3) is 13.3. The number of hydrogen-bond donors (Lipinski definition) is 5. The van der Waals surface area contributed by atoms with Crippen LogP contribution in [0.15, 0.2) is 103 Å². The highest BCUT2D eigenvalue weighted by Crippen LogP contribution is 2.37. The molecule has 9 amide bonds. The van der Waals surface area contributed by atoms with Crippen LogP contribution >= 0.6 is 20.0 Å². The van der Waals surface area contributed by atoms with Gasteiger partial charge in [0, 0.05) is 61.1 Å². The number of nitrogens with zero attached hydrogens (tertiary/aromatic N) is 3. The predicted octanol–water partition coefficient (Wildman–Crippen LogP) is 5.89. The minimum Gasteiger partial charge on any atom is -0.370 e. The highest BCUT2D eigenvalue weighted by molar-refractivity contribution is 7.20. The molecule has 5 atom stereocenters. The Bertz CT molecular complexity index is 3320. The summed E-state index contributed by atoms with van der Waals surface area (Å²) < 4.78 is 44.5. The van der Waals surface area contributed by atoms with Gasteiger partial charge in [-0.05, 0) is 97.0 Å². The second kappa shape index (κ2) is 25.5. The molecule has 19 nitrogen and oxygen atoms in total. The average Bonchev–Trinajstić information content (AvgIpc) is 4.22. The molecule has 5 aromatic rings. The van der Waals surface area contributed by atoms with Crippen LogP contribution in [-0.2, 0) is 55.3 Å². The Hall–Kier alpha value is -8.25. The van der Waals surface area contributed by atoms with E-state index in [1.165, 1.54) is 26.8 Å². The van der Waals surface area contributed by atoms with Gasteiger partial charge in [0.25, 0.3) is 11.8 Å². The molecule has 81 heavy (non-hydrogen) atoms. The summed E-state index contributed by atoms with van der Waals surface area (Å²) in [5, 5.41) is 11.1. The standard InChI is InChI=1S/C58H57F2N8O11PS/c59-58(60,79-80-78)38-21-26-46-37(29-38)30-47(81-46)55(75)63-43-33-66(50(71)20-11-3-1-2-6-13-34-18-12-19-40-41(34)32-67(56(40)76)44-25-28-49(70)64-53(44)73)31-39-22-24-45(68(39)57(43)77)54(74)62-42(23-27-48(61)69)52(72)65-51(35-14-7-4-8-15-35)36-16-9-5-10-17-36/h4-5,7-10,12,14-19,21,26,29-30,39,42-45,51H,1-3,11,20,22-25,27-28,31-33H2,(H2,61,69)(H,62,74)(H,63,75)(H,65,72)(H,64,70,73)/t39-,42+,43+,44?,45+/m1/s1. The van der Waals surface area contributed by atoms with Crippen molar-refractivity contribution in [1.29, 1.82) is 0 Å². The second-order valence-corrected chi connectivity index (χ2v) is 21.7. The molecule has 4 aliphatic heterocycles. The van der Waals surface area contributed by atoms with Crippen molar-refractivity contribution in [3.05, 3.63) is 141 Å². The molecule has 1 aromatic heterocycles. The van der Waals surface area contributed by atoms with Gasteiger partial charge in [0.2, 0.25) is 41.4 Å². The molecule has 3 fully saturated rings. The molecule has 0 aliphatic carbocycles. The number of hydrogen-bond acceptors (Lipinski definition) is 12. The third-order valence-corrected chi connectivity index (χ3v) is 16.4. The van der Waals surface area contributed by atoms with E-state index in [4.69, 9.17) is 5.73 Å².